The molecule has 1 unspecified atom stereocenters. The maximum atomic E-state index is 12.6. The zero-order valence-corrected chi connectivity index (χ0v) is 36.1. The van der Waals surface area contributed by atoms with Crippen molar-refractivity contribution in [1.82, 2.24) is 0 Å². The number of rotatable bonds is 41. The van der Waals surface area contributed by atoms with Gasteiger partial charge in [0.15, 0.2) is 6.10 Å². The zero-order valence-electron chi connectivity index (χ0n) is 35.2. The monoisotopic (exact) mass is 814 g/mol. The molecule has 0 aromatic heterocycles. The minimum absolute atomic E-state index is 0.0769. The zero-order chi connectivity index (χ0) is 41.4. The smallest absolute Gasteiger partial charge is 0.472 e. The minimum Gasteiger partial charge on any atom is -0.480 e. The largest absolute Gasteiger partial charge is 0.480 e. The van der Waals surface area contributed by atoms with E-state index < -0.39 is 51.1 Å². The molecule has 0 aliphatic rings. The van der Waals surface area contributed by atoms with Crippen LogP contribution < -0.4 is 5.73 Å². The van der Waals surface area contributed by atoms with Crippen molar-refractivity contribution < 1.29 is 47.5 Å². The van der Waals surface area contributed by atoms with Crippen LogP contribution in [-0.4, -0.2) is 59.9 Å². The summed E-state index contributed by atoms with van der Waals surface area (Å²) in [5.41, 5.74) is 5.33. The molecule has 12 heteroatoms. The van der Waals surface area contributed by atoms with Crippen molar-refractivity contribution in [2.75, 3.05) is 19.8 Å². The molecule has 0 heterocycles. The number of ether oxygens (including phenoxy) is 2. The Balaban J connectivity index is 4.40. The molecule has 0 fully saturated rings. The molecule has 0 aromatic rings. The van der Waals surface area contributed by atoms with Gasteiger partial charge in [-0.2, -0.15) is 0 Å². The Morgan fingerprint density at radius 1 is 0.554 bits per heavy atom. The Hall–Kier alpha value is -2.30. The standard InChI is InChI=1S/C44H80NO10P/c1-3-5-7-9-11-13-15-17-19-20-22-23-25-27-29-31-33-35-42(46)52-37-40(38-53-56(50,51)54-39-41(45)44(48)49)55-43(47)36-34-32-30-28-26-24-21-18-16-14-12-10-8-6-4-2/h11,13,17,19,30,32,40-41H,3-10,12,14-16,18,20-29,31,33-39,45H2,1-2H3,(H,48,49)(H,50,51)/b13-11+,19-17+,32-30+/t40-,41+/m1/s1. The molecule has 3 atom stereocenters. The van der Waals surface area contributed by atoms with Crippen LogP contribution in [0.25, 0.3) is 0 Å². The van der Waals surface area contributed by atoms with Crippen molar-refractivity contribution in [3.63, 3.8) is 0 Å². The van der Waals surface area contributed by atoms with Gasteiger partial charge in [-0.15, -0.1) is 0 Å². The first kappa shape index (κ1) is 53.7. The van der Waals surface area contributed by atoms with Crippen LogP contribution in [0.15, 0.2) is 36.5 Å². The lowest BCUT2D eigenvalue weighted by atomic mass is 10.1. The molecule has 326 valence electrons. The minimum atomic E-state index is -4.72. The summed E-state index contributed by atoms with van der Waals surface area (Å²) in [5.74, 6) is -2.45. The van der Waals surface area contributed by atoms with E-state index in [1.165, 1.54) is 109 Å². The number of unbranched alkanes of at least 4 members (excludes halogenated alkanes) is 21. The average molecular weight is 814 g/mol. The van der Waals surface area contributed by atoms with Gasteiger partial charge >= 0.3 is 25.7 Å². The molecule has 0 aromatic carbocycles. The summed E-state index contributed by atoms with van der Waals surface area (Å²) >= 11 is 0. The van der Waals surface area contributed by atoms with Crippen molar-refractivity contribution in [3.05, 3.63) is 36.5 Å². The summed E-state index contributed by atoms with van der Waals surface area (Å²) in [6.07, 6.45) is 42.2. The fraction of sp³-hybridized carbons (Fsp3) is 0.795. The summed E-state index contributed by atoms with van der Waals surface area (Å²) in [6.45, 7) is 2.74. The van der Waals surface area contributed by atoms with Crippen LogP contribution >= 0.6 is 7.82 Å². The Kier molecular flexibility index (Phi) is 37.9. The first-order chi connectivity index (χ1) is 27.1. The third-order valence-electron chi connectivity index (χ3n) is 9.37. The number of hydrogen-bond donors (Lipinski definition) is 3. The SMILES string of the molecule is CCCCC/C=C/C/C=C/CCCCCCCCCC(=O)OC[C@H](COP(=O)(O)OC[C@H](N)C(=O)O)OC(=O)CC/C=C/CCCCCCCCCCCCC. The molecule has 0 rings (SSSR count). The molecule has 56 heavy (non-hydrogen) atoms. The van der Waals surface area contributed by atoms with Gasteiger partial charge in [0.1, 0.15) is 12.6 Å². The molecule has 11 nitrogen and oxygen atoms in total. The summed E-state index contributed by atoms with van der Waals surface area (Å²) < 4.78 is 32.6. The number of esters is 2. The Bertz CT molecular complexity index is 1100. The molecule has 0 saturated carbocycles. The van der Waals surface area contributed by atoms with Crippen LogP contribution in [0, 0.1) is 0 Å². The molecular formula is C44H80NO10P. The lowest BCUT2D eigenvalue weighted by Crippen LogP contribution is -2.34. The van der Waals surface area contributed by atoms with Crippen LogP contribution in [0.1, 0.15) is 194 Å². The van der Waals surface area contributed by atoms with E-state index in [-0.39, 0.29) is 19.4 Å². The third-order valence-corrected chi connectivity index (χ3v) is 10.3. The number of allylic oxidation sites excluding steroid dienone is 6. The van der Waals surface area contributed by atoms with Crippen molar-refractivity contribution in [2.45, 2.75) is 206 Å². The lowest BCUT2D eigenvalue weighted by molar-refractivity contribution is -0.161. The molecule has 0 aliphatic heterocycles. The molecule has 0 bridgehead atoms. The predicted molar refractivity (Wildman–Crippen MR) is 226 cm³/mol. The average Bonchev–Trinajstić information content (AvgIpc) is 3.17. The van der Waals surface area contributed by atoms with Crippen molar-refractivity contribution >= 4 is 25.7 Å². The Labute approximate surface area is 340 Å². The lowest BCUT2D eigenvalue weighted by Gasteiger charge is -2.20. The second kappa shape index (κ2) is 39.5. The highest BCUT2D eigenvalue weighted by atomic mass is 31.2. The fourth-order valence-electron chi connectivity index (χ4n) is 5.88. The Morgan fingerprint density at radius 2 is 0.982 bits per heavy atom. The number of carbonyl (C=O) groups excluding carboxylic acids is 2. The van der Waals surface area contributed by atoms with E-state index in [1.807, 2.05) is 6.08 Å². The fourth-order valence-corrected chi connectivity index (χ4v) is 6.66. The number of carboxylic acids is 1. The van der Waals surface area contributed by atoms with Gasteiger partial charge in [0, 0.05) is 12.8 Å². The van der Waals surface area contributed by atoms with Gasteiger partial charge < -0.3 is 25.2 Å². The summed E-state index contributed by atoms with van der Waals surface area (Å²) in [5, 5.41) is 8.88. The number of nitrogens with two attached hydrogens (primary N) is 1. The number of aliphatic carboxylic acids is 1. The normalized spacial score (nSPS) is 14.1. The highest BCUT2D eigenvalue weighted by Gasteiger charge is 2.28. The topological polar surface area (TPSA) is 172 Å². The second-order valence-electron chi connectivity index (χ2n) is 14.8. The molecular weight excluding hydrogens is 733 g/mol. The van der Waals surface area contributed by atoms with E-state index >= 15 is 0 Å². The van der Waals surface area contributed by atoms with Crippen molar-refractivity contribution in [1.29, 1.82) is 0 Å². The van der Waals surface area contributed by atoms with Crippen LogP contribution in [0.2, 0.25) is 0 Å². The van der Waals surface area contributed by atoms with Crippen LogP contribution in [0.3, 0.4) is 0 Å². The van der Waals surface area contributed by atoms with Crippen LogP contribution in [-0.2, 0) is 37.5 Å². The quantitative estimate of drug-likeness (QED) is 0.0232. The second-order valence-corrected chi connectivity index (χ2v) is 16.3. The van der Waals surface area contributed by atoms with Gasteiger partial charge in [-0.3, -0.25) is 23.4 Å². The van der Waals surface area contributed by atoms with E-state index in [2.05, 4.69) is 48.8 Å². The van der Waals surface area contributed by atoms with E-state index in [0.29, 0.717) is 12.8 Å². The van der Waals surface area contributed by atoms with Crippen molar-refractivity contribution in [3.8, 4) is 0 Å². The summed E-state index contributed by atoms with van der Waals surface area (Å²) in [6, 6.07) is -1.53. The maximum absolute atomic E-state index is 12.6. The van der Waals surface area contributed by atoms with Gasteiger partial charge in [-0.25, -0.2) is 4.57 Å². The van der Waals surface area contributed by atoms with E-state index in [0.717, 1.165) is 44.9 Å². The first-order valence-electron chi connectivity index (χ1n) is 22.0. The molecule has 0 spiro atoms. The van der Waals surface area contributed by atoms with Crippen LogP contribution in [0.4, 0.5) is 0 Å². The van der Waals surface area contributed by atoms with Gasteiger partial charge in [0.25, 0.3) is 0 Å². The first-order valence-corrected chi connectivity index (χ1v) is 23.5. The number of phosphoric acid groups is 1. The number of phosphoric ester groups is 1. The van der Waals surface area contributed by atoms with E-state index in [9.17, 15) is 23.8 Å². The number of carboxylic acid groups (broad SMARTS) is 1. The molecule has 0 radical (unpaired) electrons. The predicted octanol–water partition coefficient (Wildman–Crippen LogP) is 11.6. The Morgan fingerprint density at radius 3 is 1.52 bits per heavy atom. The number of carbonyl (C=O) groups is 3. The molecule has 4 N–H and O–H groups in total. The third kappa shape index (κ3) is 38.6. The summed E-state index contributed by atoms with van der Waals surface area (Å²) in [4.78, 5) is 45.9. The van der Waals surface area contributed by atoms with Gasteiger partial charge in [-0.1, -0.05) is 159 Å². The molecule has 0 aliphatic carbocycles. The van der Waals surface area contributed by atoms with E-state index in [1.54, 1.807) is 0 Å². The summed E-state index contributed by atoms with van der Waals surface area (Å²) in [7, 11) is -4.72. The van der Waals surface area contributed by atoms with Crippen molar-refractivity contribution in [2.24, 2.45) is 5.73 Å². The highest BCUT2D eigenvalue weighted by molar-refractivity contribution is 7.47. The number of hydrogen-bond acceptors (Lipinski definition) is 9. The van der Waals surface area contributed by atoms with Crippen LogP contribution in [0.5, 0.6) is 0 Å². The highest BCUT2D eigenvalue weighted by Crippen LogP contribution is 2.43. The van der Waals surface area contributed by atoms with E-state index in [4.69, 9.17) is 24.8 Å². The van der Waals surface area contributed by atoms with Gasteiger partial charge in [0.2, 0.25) is 0 Å². The van der Waals surface area contributed by atoms with Gasteiger partial charge in [0.05, 0.1) is 13.2 Å². The molecule has 0 amide bonds. The maximum Gasteiger partial charge on any atom is 0.472 e. The molecule has 0 saturated heterocycles. The van der Waals surface area contributed by atoms with Gasteiger partial charge in [-0.05, 0) is 57.8 Å².